The van der Waals surface area contributed by atoms with Crippen molar-refractivity contribution in [3.63, 3.8) is 0 Å². The Morgan fingerprint density at radius 1 is 0.469 bits per heavy atom. The second-order valence-electron chi connectivity index (χ2n) is 5.49. The standard InChI is InChI=1S/C12F10.C4H6F5N/c13-3-1(4(14)8(18)11(21)7(3)17)2-5(15)9(19)12(22)10(20)6(2)16;1-2-10-4(8,9)3(5,6)7/h;10H,2H2,1H3. The van der Waals surface area contributed by atoms with Crippen LogP contribution in [0.4, 0.5) is 65.9 Å². The number of alkyl halides is 5. The van der Waals surface area contributed by atoms with Gasteiger partial charge in [-0.2, -0.15) is 22.0 Å². The molecule has 1 nitrogen and oxygen atoms in total. The summed E-state index contributed by atoms with van der Waals surface area (Å²) in [6.45, 7) is 0.742. The first-order chi connectivity index (χ1) is 14.4. The molecule has 0 saturated carbocycles. The lowest BCUT2D eigenvalue weighted by molar-refractivity contribution is -0.294. The summed E-state index contributed by atoms with van der Waals surface area (Å²) < 4.78 is 188. The van der Waals surface area contributed by atoms with Gasteiger partial charge in [0.2, 0.25) is 11.6 Å². The van der Waals surface area contributed by atoms with Gasteiger partial charge in [0, 0.05) is 0 Å². The van der Waals surface area contributed by atoms with Gasteiger partial charge in [-0.15, -0.1) is 0 Å². The van der Waals surface area contributed by atoms with Gasteiger partial charge in [0.1, 0.15) is 0 Å². The number of hydrogen-bond acceptors (Lipinski definition) is 1. The monoisotopic (exact) mass is 497 g/mol. The van der Waals surface area contributed by atoms with Crippen molar-refractivity contribution in [3.05, 3.63) is 58.2 Å². The molecule has 2 rings (SSSR count). The van der Waals surface area contributed by atoms with Crippen molar-refractivity contribution in [1.82, 2.24) is 5.32 Å². The van der Waals surface area contributed by atoms with Crippen molar-refractivity contribution in [3.8, 4) is 11.1 Å². The van der Waals surface area contributed by atoms with Crippen LogP contribution in [0.25, 0.3) is 11.1 Å². The average Bonchev–Trinajstić information content (AvgIpc) is 2.70. The summed E-state index contributed by atoms with van der Waals surface area (Å²) in [4.78, 5) is 0. The van der Waals surface area contributed by atoms with Gasteiger partial charge in [-0.3, -0.25) is 5.32 Å². The number of hydrogen-bond donors (Lipinski definition) is 1. The molecule has 0 saturated heterocycles. The molecule has 32 heavy (non-hydrogen) atoms. The lowest BCUT2D eigenvalue weighted by atomic mass is 10.0. The van der Waals surface area contributed by atoms with Crippen LogP contribution in [0.5, 0.6) is 0 Å². The van der Waals surface area contributed by atoms with Crippen LogP contribution >= 0.6 is 0 Å². The van der Waals surface area contributed by atoms with E-state index in [2.05, 4.69) is 0 Å². The fourth-order valence-electron chi connectivity index (χ4n) is 1.97. The van der Waals surface area contributed by atoms with Crippen LogP contribution in [0.3, 0.4) is 0 Å². The summed E-state index contributed by atoms with van der Waals surface area (Å²) >= 11 is 0. The molecule has 0 aromatic heterocycles. The van der Waals surface area contributed by atoms with Crippen molar-refractivity contribution in [2.45, 2.75) is 19.1 Å². The molecule has 180 valence electrons. The third-order valence-corrected chi connectivity index (χ3v) is 3.42. The van der Waals surface area contributed by atoms with Crippen molar-refractivity contribution in [2.75, 3.05) is 6.54 Å². The minimum atomic E-state index is -5.50. The molecule has 0 spiro atoms. The molecule has 0 unspecified atom stereocenters. The molecule has 2 aromatic rings. The summed E-state index contributed by atoms with van der Waals surface area (Å²) in [7, 11) is 0. The van der Waals surface area contributed by atoms with Gasteiger partial charge in [-0.1, -0.05) is 6.92 Å². The summed E-state index contributed by atoms with van der Waals surface area (Å²) in [5.41, 5.74) is -4.52. The molecule has 0 aliphatic rings. The third-order valence-electron chi connectivity index (χ3n) is 3.42. The highest BCUT2D eigenvalue weighted by Crippen LogP contribution is 2.37. The Morgan fingerprint density at radius 3 is 0.844 bits per heavy atom. The van der Waals surface area contributed by atoms with Crippen LogP contribution in [-0.4, -0.2) is 18.8 Å². The van der Waals surface area contributed by atoms with Crippen LogP contribution < -0.4 is 5.32 Å². The van der Waals surface area contributed by atoms with Gasteiger partial charge in [0.15, 0.2) is 46.5 Å². The van der Waals surface area contributed by atoms with Gasteiger partial charge < -0.3 is 0 Å². The van der Waals surface area contributed by atoms with Crippen LogP contribution in [-0.2, 0) is 0 Å². The Kier molecular flexibility index (Phi) is 8.09. The van der Waals surface area contributed by atoms with Gasteiger partial charge in [0.25, 0.3) is 0 Å². The van der Waals surface area contributed by atoms with E-state index < -0.39 is 88.1 Å². The zero-order valence-corrected chi connectivity index (χ0v) is 14.9. The van der Waals surface area contributed by atoms with Crippen molar-refractivity contribution in [1.29, 1.82) is 0 Å². The number of benzene rings is 2. The van der Waals surface area contributed by atoms with Crippen LogP contribution in [0, 0.1) is 58.2 Å². The van der Waals surface area contributed by atoms with Gasteiger partial charge in [-0.05, 0) is 6.54 Å². The lowest BCUT2D eigenvalue weighted by Gasteiger charge is -2.19. The molecule has 0 fully saturated rings. The Bertz CT molecular complexity index is 886. The minimum absolute atomic E-state index is 0.424. The van der Waals surface area contributed by atoms with E-state index >= 15 is 0 Å². The summed E-state index contributed by atoms with van der Waals surface area (Å²) in [5, 5.41) is 1.00. The molecule has 16 heteroatoms. The zero-order valence-electron chi connectivity index (χ0n) is 14.9. The molecule has 0 aliphatic carbocycles. The van der Waals surface area contributed by atoms with E-state index in [1.54, 1.807) is 0 Å². The molecule has 0 aliphatic heterocycles. The molecule has 0 bridgehead atoms. The first-order valence-corrected chi connectivity index (χ1v) is 7.65. The van der Waals surface area contributed by atoms with E-state index in [-0.39, 0.29) is 0 Å². The average molecular weight is 497 g/mol. The fraction of sp³-hybridized carbons (Fsp3) is 0.250. The maximum absolute atomic E-state index is 13.4. The second kappa shape index (κ2) is 9.46. The highest BCUT2D eigenvalue weighted by Gasteiger charge is 2.57. The first kappa shape index (κ1) is 27.4. The van der Waals surface area contributed by atoms with E-state index in [9.17, 15) is 65.9 Å². The summed E-state index contributed by atoms with van der Waals surface area (Å²) in [5.74, 6) is -26.6. The minimum Gasteiger partial charge on any atom is -0.250 e. The van der Waals surface area contributed by atoms with E-state index in [1.165, 1.54) is 6.92 Å². The lowest BCUT2D eigenvalue weighted by Crippen LogP contribution is -2.49. The molecule has 0 heterocycles. The van der Waals surface area contributed by atoms with E-state index in [1.807, 2.05) is 0 Å². The molecule has 0 atom stereocenters. The molecule has 0 radical (unpaired) electrons. The van der Waals surface area contributed by atoms with Crippen molar-refractivity contribution < 1.29 is 65.9 Å². The van der Waals surface area contributed by atoms with Crippen molar-refractivity contribution in [2.24, 2.45) is 0 Å². The molecular weight excluding hydrogens is 491 g/mol. The number of rotatable bonds is 3. The molecular formula is C16H6F15N. The molecule has 0 amide bonds. The quantitative estimate of drug-likeness (QED) is 0.221. The Hall–Kier alpha value is -2.65. The summed E-state index contributed by atoms with van der Waals surface area (Å²) in [6.07, 6.45) is -5.50. The SMILES string of the molecule is CCNC(F)(F)C(F)(F)F.Fc1c(F)c(F)c(-c2c(F)c(F)c(F)c(F)c2F)c(F)c1F. The van der Waals surface area contributed by atoms with Gasteiger partial charge in [0.05, 0.1) is 11.1 Å². The van der Waals surface area contributed by atoms with E-state index in [4.69, 9.17) is 0 Å². The van der Waals surface area contributed by atoms with E-state index in [0.29, 0.717) is 0 Å². The maximum Gasteiger partial charge on any atom is 0.469 e. The highest BCUT2D eigenvalue weighted by molar-refractivity contribution is 5.67. The second-order valence-corrected chi connectivity index (χ2v) is 5.49. The van der Waals surface area contributed by atoms with Crippen LogP contribution in [0.2, 0.25) is 0 Å². The molecule has 1 N–H and O–H groups in total. The first-order valence-electron chi connectivity index (χ1n) is 7.65. The predicted octanol–water partition coefficient (Wildman–Crippen LogP) is 6.50. The maximum atomic E-state index is 13.4. The number of nitrogens with one attached hydrogen (secondary N) is 1. The third kappa shape index (κ3) is 4.88. The smallest absolute Gasteiger partial charge is 0.250 e. The van der Waals surface area contributed by atoms with E-state index in [0.717, 1.165) is 5.32 Å². The van der Waals surface area contributed by atoms with Crippen molar-refractivity contribution >= 4 is 0 Å². The molecule has 2 aromatic carbocycles. The topological polar surface area (TPSA) is 12.0 Å². The fourth-order valence-corrected chi connectivity index (χ4v) is 1.97. The van der Waals surface area contributed by atoms with Crippen LogP contribution in [0.15, 0.2) is 0 Å². The highest BCUT2D eigenvalue weighted by atomic mass is 19.4. The Labute approximate surface area is 167 Å². The van der Waals surface area contributed by atoms with Gasteiger partial charge >= 0.3 is 12.2 Å². The van der Waals surface area contributed by atoms with Crippen LogP contribution in [0.1, 0.15) is 6.92 Å². The Balaban J connectivity index is 0.000000433. The normalized spacial score (nSPS) is 12.0. The number of halogens is 15. The Morgan fingerprint density at radius 2 is 0.688 bits per heavy atom. The summed E-state index contributed by atoms with van der Waals surface area (Å²) in [6, 6.07) is -4.76. The largest absolute Gasteiger partial charge is 0.469 e. The zero-order chi connectivity index (χ0) is 25.3. The predicted molar refractivity (Wildman–Crippen MR) is 76.1 cm³/mol. The van der Waals surface area contributed by atoms with Gasteiger partial charge in [-0.25, -0.2) is 43.9 Å².